The van der Waals surface area contributed by atoms with Crippen LogP contribution in [-0.2, 0) is 33.3 Å². The van der Waals surface area contributed by atoms with Gasteiger partial charge in [-0.25, -0.2) is 9.79 Å². The van der Waals surface area contributed by atoms with Crippen LogP contribution in [0, 0.1) is 42.4 Å². The summed E-state index contributed by atoms with van der Waals surface area (Å²) < 4.78 is 38.9. The number of benzene rings is 2. The highest BCUT2D eigenvalue weighted by molar-refractivity contribution is 6.21. The third kappa shape index (κ3) is 10.5. The lowest BCUT2D eigenvalue weighted by Crippen LogP contribution is -2.57. The lowest BCUT2D eigenvalue weighted by molar-refractivity contribution is -0.336. The van der Waals surface area contributed by atoms with Crippen LogP contribution in [0.2, 0.25) is 0 Å². The van der Waals surface area contributed by atoms with Crippen LogP contribution in [0.3, 0.4) is 0 Å². The van der Waals surface area contributed by atoms with Crippen molar-refractivity contribution in [2.45, 2.75) is 162 Å². The lowest BCUT2D eigenvalue weighted by atomic mass is 9.77. The van der Waals surface area contributed by atoms with E-state index in [1.807, 2.05) is 40.7 Å². The summed E-state index contributed by atoms with van der Waals surface area (Å²) >= 11 is 0. The van der Waals surface area contributed by atoms with Crippen LogP contribution >= 0.6 is 0 Å². The summed E-state index contributed by atoms with van der Waals surface area (Å²) in [4.78, 5) is 70.3. The van der Waals surface area contributed by atoms with Gasteiger partial charge in [0, 0.05) is 112 Å². The lowest BCUT2D eigenvalue weighted by Gasteiger charge is -2.50. The molecule has 0 aromatic heterocycles. The van der Waals surface area contributed by atoms with Crippen molar-refractivity contribution in [1.82, 2.24) is 15.1 Å². The van der Waals surface area contributed by atoms with E-state index in [1.165, 1.54) is 13.2 Å². The number of rotatable bonds is 6. The molecule has 7 aliphatic heterocycles. The molecule has 0 radical (unpaired) electrons. The zero-order valence-electron chi connectivity index (χ0n) is 45.8. The molecule has 18 nitrogen and oxygen atoms in total. The number of aromatic hydroxyl groups is 2. The number of ether oxygens (including phenoxy) is 6. The number of phenols is 2. The Kier molecular flexibility index (Phi) is 15.0. The van der Waals surface area contributed by atoms with Gasteiger partial charge >= 0.3 is 11.9 Å². The number of amides is 3. The second kappa shape index (κ2) is 20.8. The first-order valence-corrected chi connectivity index (χ1v) is 27.1. The molecule has 3 saturated heterocycles. The molecule has 0 unspecified atom stereocenters. The van der Waals surface area contributed by atoms with Crippen LogP contribution in [0.1, 0.15) is 124 Å². The highest BCUT2D eigenvalue weighted by atomic mass is 16.7. The summed E-state index contributed by atoms with van der Waals surface area (Å²) in [5, 5.41) is 31.3. The van der Waals surface area contributed by atoms with Gasteiger partial charge in [0.2, 0.25) is 5.91 Å². The largest absolute Gasteiger partial charge is 0.507 e. The molecule has 9 atom stereocenters. The average molecular weight is 1040 g/mol. The molecule has 3 amide bonds. The molecule has 2 aromatic carbocycles. The molecule has 1 spiro atoms. The minimum absolute atomic E-state index is 0.0404. The van der Waals surface area contributed by atoms with Crippen LogP contribution in [0.25, 0.3) is 10.8 Å². The van der Waals surface area contributed by atoms with Gasteiger partial charge in [0.05, 0.1) is 41.2 Å². The Bertz CT molecular complexity index is 2820. The first kappa shape index (κ1) is 54.2. The zero-order valence-corrected chi connectivity index (χ0v) is 45.8. The van der Waals surface area contributed by atoms with Crippen LogP contribution in [0.15, 0.2) is 46.1 Å². The Balaban J connectivity index is 1.12. The van der Waals surface area contributed by atoms with Crippen molar-refractivity contribution in [2.75, 3.05) is 45.2 Å². The highest BCUT2D eigenvalue weighted by Gasteiger charge is 2.52. The summed E-state index contributed by atoms with van der Waals surface area (Å²) in [5.41, 5.74) is 0.000348. The van der Waals surface area contributed by atoms with E-state index in [-0.39, 0.29) is 85.5 Å². The summed E-state index contributed by atoms with van der Waals surface area (Å²) in [6.07, 6.45) is 9.75. The molecule has 1 aliphatic carbocycles. The molecule has 75 heavy (non-hydrogen) atoms. The third-order valence-electron chi connectivity index (χ3n) is 16.7. The number of hydrogen-bond acceptors (Lipinski definition) is 15. The van der Waals surface area contributed by atoms with Crippen molar-refractivity contribution < 1.29 is 57.8 Å². The van der Waals surface area contributed by atoms with Crippen molar-refractivity contribution in [3.8, 4) is 17.2 Å². The fourth-order valence-electron chi connectivity index (χ4n) is 12.2. The van der Waals surface area contributed by atoms with Crippen LogP contribution in [0.5, 0.6) is 17.2 Å². The molecule has 2 aromatic rings. The quantitative estimate of drug-likeness (QED) is 0.212. The number of allylic oxidation sites excluding steroid dienone is 2. The number of piperidine rings is 2. The molecule has 10 rings (SSSR count). The highest BCUT2D eigenvalue weighted by Crippen LogP contribution is 2.51. The molecule has 18 heteroatoms. The smallest absolute Gasteiger partial charge is 0.410 e. The van der Waals surface area contributed by atoms with E-state index in [1.54, 1.807) is 44.1 Å². The summed E-state index contributed by atoms with van der Waals surface area (Å²) in [5.74, 6) is -6.06. The van der Waals surface area contributed by atoms with E-state index >= 15 is 4.79 Å². The monoisotopic (exact) mass is 1040 g/mol. The zero-order chi connectivity index (χ0) is 54.1. The van der Waals surface area contributed by atoms with Gasteiger partial charge in [-0.1, -0.05) is 59.8 Å². The van der Waals surface area contributed by atoms with Crippen LogP contribution in [-0.4, -0.2) is 131 Å². The van der Waals surface area contributed by atoms with Crippen molar-refractivity contribution in [2.24, 2.45) is 45.5 Å². The molecule has 7 heterocycles. The topological polar surface area (TPSA) is 219 Å². The van der Waals surface area contributed by atoms with E-state index in [4.69, 9.17) is 33.4 Å². The number of fused-ring (bicyclic) bond motifs is 9. The molecule has 408 valence electrons. The Labute approximate surface area is 439 Å². The normalized spacial score (nSPS) is 32.7. The SMILES string of the molecule is CO[C@H]1/C=C/O[C@@]2(C)Oc3c(C)c(O)c4c(O)c(c5c(c4c3C2=O)NC2(CCN(CC(C)C)CC2)N=5)=NC(=O)/C(C)=C\C=C\[C@H](C)[C@@H]2OC(C)(C)O[C@@H]([C@@H](C)[C@H](OC(=O)N3CCC(C(=O)NC4CC4)CC3)[C@@H]1C)[C@@H]2C. The van der Waals surface area contributed by atoms with E-state index < -0.39 is 70.9 Å². The Morgan fingerprint density at radius 1 is 0.893 bits per heavy atom. The Hall–Kier alpha value is -5.56. The standard InChI is InChI=1S/C57H78N6O12/c1-29(2)28-62-25-21-57(22-26-62)60-42-39-40-45(64)33(6)50-41(39)51(66)56(11,75-50)71-27-20-38(70-12)32(5)48(72-54(69)63-23-18-36(19-24-63)53(68)58-37-16-17-37)35(8)49-34(7)47(73-55(9,10)74-49)30(3)14-13-15-31(4)52(67)59-44(46(40)65)43(42)61-57/h13-15,20,27,29-30,32,34-38,47-49,60,64-65H,16-19,21-26,28H2,1-12H3,(H,58,68)/b14-13+,27-20+,31-15-,59-44?/t30-,32+,34+,35-,38-,47-,48+,49+,56-/m0/s1. The Morgan fingerprint density at radius 3 is 2.23 bits per heavy atom. The van der Waals surface area contributed by atoms with Crippen molar-refractivity contribution in [3.05, 3.63) is 58.0 Å². The van der Waals surface area contributed by atoms with E-state index in [0.717, 1.165) is 32.5 Å². The third-order valence-corrected chi connectivity index (χ3v) is 16.7. The number of phenolic OH excluding ortho intramolecular Hbond substituents is 2. The molecular formula is C57H78N6O12. The minimum Gasteiger partial charge on any atom is -0.507 e. The van der Waals surface area contributed by atoms with Gasteiger partial charge in [0.25, 0.3) is 11.7 Å². The van der Waals surface area contributed by atoms with Gasteiger partial charge in [-0.05, 0) is 65.4 Å². The summed E-state index contributed by atoms with van der Waals surface area (Å²) in [6, 6.07) is 0.257. The second-order valence-electron chi connectivity index (χ2n) is 23.4. The van der Waals surface area contributed by atoms with Crippen molar-refractivity contribution in [1.29, 1.82) is 0 Å². The molecular weight excluding hydrogens is 961 g/mol. The number of nitrogens with zero attached hydrogens (tertiary/aromatic N) is 4. The van der Waals surface area contributed by atoms with E-state index in [0.29, 0.717) is 50.4 Å². The number of Topliss-reactive ketones (excluding diaryl/α,β-unsaturated/α-hetero) is 1. The minimum atomic E-state index is -1.96. The number of likely N-dealkylation sites (tertiary alicyclic amines) is 2. The fraction of sp³-hybridized carbons (Fsp3) is 0.649. The average Bonchev–Trinajstić information content (AvgIpc) is 4.11. The Morgan fingerprint density at radius 2 is 1.57 bits per heavy atom. The second-order valence-corrected chi connectivity index (χ2v) is 23.4. The number of ketones is 1. The summed E-state index contributed by atoms with van der Waals surface area (Å²) in [7, 11) is 1.55. The van der Waals surface area contributed by atoms with Gasteiger partial charge < -0.3 is 59.1 Å². The first-order valence-electron chi connectivity index (χ1n) is 27.1. The van der Waals surface area contributed by atoms with Crippen LogP contribution in [0.4, 0.5) is 10.5 Å². The number of anilines is 1. The van der Waals surface area contributed by atoms with Gasteiger partial charge in [0.1, 0.15) is 34.0 Å². The number of methoxy groups -OCH3 is 1. The number of carbonyl (C=O) groups excluding carboxylic acids is 4. The maximum absolute atomic E-state index is 15.1. The van der Waals surface area contributed by atoms with Gasteiger partial charge in [-0.15, -0.1) is 0 Å². The predicted molar refractivity (Wildman–Crippen MR) is 280 cm³/mol. The molecule has 4 fully saturated rings. The molecule has 4 N–H and O–H groups in total. The van der Waals surface area contributed by atoms with Crippen LogP contribution < -0.4 is 26.1 Å². The molecule has 1 saturated carbocycles. The van der Waals surface area contributed by atoms with Gasteiger partial charge in [-0.3, -0.25) is 19.4 Å². The predicted octanol–water partition coefficient (Wildman–Crippen LogP) is 7.11. The first-order chi connectivity index (χ1) is 35.4. The molecule has 7 bridgehead atoms. The van der Waals surface area contributed by atoms with Gasteiger partial charge in [0.15, 0.2) is 11.5 Å². The molecule has 8 aliphatic rings. The number of hydrogen-bond donors (Lipinski definition) is 4. The number of nitrogens with one attached hydrogen (secondary N) is 2. The van der Waals surface area contributed by atoms with E-state index in [2.05, 4.69) is 41.3 Å². The van der Waals surface area contributed by atoms with E-state index in [9.17, 15) is 24.6 Å². The summed E-state index contributed by atoms with van der Waals surface area (Å²) in [6.45, 7) is 23.9. The van der Waals surface area contributed by atoms with Crippen molar-refractivity contribution >= 4 is 40.2 Å². The van der Waals surface area contributed by atoms with Crippen molar-refractivity contribution in [3.63, 3.8) is 0 Å². The maximum atomic E-state index is 15.1. The maximum Gasteiger partial charge on any atom is 0.410 e. The van der Waals surface area contributed by atoms with Gasteiger partial charge in [-0.2, -0.15) is 0 Å². The number of carbonyl (C=O) groups is 4. The fourth-order valence-corrected chi connectivity index (χ4v) is 12.2.